The van der Waals surface area contributed by atoms with E-state index in [1.807, 2.05) is 0 Å². The Hall–Kier alpha value is -0.120. The van der Waals surface area contributed by atoms with E-state index >= 15 is 0 Å². The Balaban J connectivity index is 1.82. The molecule has 3 heteroatoms. The van der Waals surface area contributed by atoms with Gasteiger partial charge in [-0.25, -0.2) is 0 Å². The number of hydrogen-bond acceptors (Lipinski definition) is 3. The SMILES string of the molecule is CCC(C)C1CN(CCC2CCCO2)C(CC)CN1. The zero-order chi connectivity index (χ0) is 13.7. The molecule has 0 amide bonds. The second-order valence-corrected chi connectivity index (χ2v) is 6.38. The third kappa shape index (κ3) is 4.17. The maximum Gasteiger partial charge on any atom is 0.0588 e. The Kier molecular flexibility index (Phi) is 6.11. The van der Waals surface area contributed by atoms with Gasteiger partial charge < -0.3 is 10.1 Å². The predicted molar refractivity (Wildman–Crippen MR) is 80.5 cm³/mol. The van der Waals surface area contributed by atoms with Crippen molar-refractivity contribution in [2.75, 3.05) is 26.2 Å². The van der Waals surface area contributed by atoms with Gasteiger partial charge in [-0.05, 0) is 31.6 Å². The zero-order valence-corrected chi connectivity index (χ0v) is 13.0. The molecular weight excluding hydrogens is 236 g/mol. The van der Waals surface area contributed by atoms with Crippen LogP contribution in [0.1, 0.15) is 52.9 Å². The average molecular weight is 268 g/mol. The van der Waals surface area contributed by atoms with Gasteiger partial charge in [0.1, 0.15) is 0 Å². The van der Waals surface area contributed by atoms with E-state index < -0.39 is 0 Å². The molecule has 4 unspecified atom stereocenters. The third-order valence-corrected chi connectivity index (χ3v) is 5.13. The molecule has 2 aliphatic heterocycles. The van der Waals surface area contributed by atoms with Crippen LogP contribution >= 0.6 is 0 Å². The summed E-state index contributed by atoms with van der Waals surface area (Å²) in [5.41, 5.74) is 0. The van der Waals surface area contributed by atoms with E-state index in [1.165, 1.54) is 45.2 Å². The molecule has 2 heterocycles. The molecule has 19 heavy (non-hydrogen) atoms. The average Bonchev–Trinajstić information content (AvgIpc) is 2.97. The second kappa shape index (κ2) is 7.61. The van der Waals surface area contributed by atoms with Gasteiger partial charge in [-0.2, -0.15) is 0 Å². The predicted octanol–water partition coefficient (Wildman–Crippen LogP) is 2.65. The number of piperazine rings is 1. The molecule has 1 N–H and O–H groups in total. The molecule has 2 saturated heterocycles. The van der Waals surface area contributed by atoms with E-state index in [2.05, 4.69) is 31.0 Å². The summed E-state index contributed by atoms with van der Waals surface area (Å²) < 4.78 is 5.77. The molecule has 2 rings (SSSR count). The summed E-state index contributed by atoms with van der Waals surface area (Å²) in [5.74, 6) is 0.781. The third-order valence-electron chi connectivity index (χ3n) is 5.13. The van der Waals surface area contributed by atoms with Crippen molar-refractivity contribution in [3.8, 4) is 0 Å². The highest BCUT2D eigenvalue weighted by atomic mass is 16.5. The largest absolute Gasteiger partial charge is 0.378 e. The summed E-state index contributed by atoms with van der Waals surface area (Å²) in [7, 11) is 0. The van der Waals surface area contributed by atoms with Gasteiger partial charge in [-0.3, -0.25) is 4.90 Å². The fraction of sp³-hybridized carbons (Fsp3) is 1.00. The van der Waals surface area contributed by atoms with Crippen LogP contribution < -0.4 is 5.32 Å². The number of nitrogens with one attached hydrogen (secondary N) is 1. The lowest BCUT2D eigenvalue weighted by Crippen LogP contribution is -2.58. The van der Waals surface area contributed by atoms with Crippen LogP contribution in [-0.2, 0) is 4.74 Å². The second-order valence-electron chi connectivity index (χ2n) is 6.38. The van der Waals surface area contributed by atoms with Crippen molar-refractivity contribution in [3.63, 3.8) is 0 Å². The van der Waals surface area contributed by atoms with Crippen LogP contribution in [0, 0.1) is 5.92 Å². The lowest BCUT2D eigenvalue weighted by atomic mass is 9.94. The first-order valence-corrected chi connectivity index (χ1v) is 8.33. The maximum atomic E-state index is 5.77. The topological polar surface area (TPSA) is 24.5 Å². The summed E-state index contributed by atoms with van der Waals surface area (Å²) in [6.45, 7) is 11.6. The van der Waals surface area contributed by atoms with Gasteiger partial charge in [0.25, 0.3) is 0 Å². The van der Waals surface area contributed by atoms with Crippen molar-refractivity contribution in [1.82, 2.24) is 10.2 Å². The van der Waals surface area contributed by atoms with Crippen LogP contribution in [0.5, 0.6) is 0 Å². The molecule has 0 spiro atoms. The van der Waals surface area contributed by atoms with Crippen molar-refractivity contribution in [2.24, 2.45) is 5.92 Å². The molecule has 0 aromatic carbocycles. The lowest BCUT2D eigenvalue weighted by molar-refractivity contribution is 0.0633. The minimum Gasteiger partial charge on any atom is -0.378 e. The molecule has 0 saturated carbocycles. The van der Waals surface area contributed by atoms with Crippen LogP contribution in [-0.4, -0.2) is 49.3 Å². The molecule has 112 valence electrons. The van der Waals surface area contributed by atoms with E-state index in [1.54, 1.807) is 0 Å². The zero-order valence-electron chi connectivity index (χ0n) is 13.0. The Bertz CT molecular complexity index is 253. The summed E-state index contributed by atoms with van der Waals surface area (Å²) in [5, 5.41) is 3.76. The van der Waals surface area contributed by atoms with Crippen molar-refractivity contribution >= 4 is 0 Å². The lowest BCUT2D eigenvalue weighted by Gasteiger charge is -2.42. The molecule has 0 aromatic rings. The standard InChI is InChI=1S/C16H32N2O/c1-4-13(3)16-12-18(14(5-2)11-17-16)9-8-15-7-6-10-19-15/h13-17H,4-12H2,1-3H3. The molecule has 3 nitrogen and oxygen atoms in total. The summed E-state index contributed by atoms with van der Waals surface area (Å²) >= 11 is 0. The van der Waals surface area contributed by atoms with Crippen LogP contribution in [0.25, 0.3) is 0 Å². The Morgan fingerprint density at radius 1 is 1.37 bits per heavy atom. The monoisotopic (exact) mass is 268 g/mol. The van der Waals surface area contributed by atoms with Crippen LogP contribution in [0.15, 0.2) is 0 Å². The van der Waals surface area contributed by atoms with Gasteiger partial charge >= 0.3 is 0 Å². The molecule has 0 aliphatic carbocycles. The van der Waals surface area contributed by atoms with E-state index in [4.69, 9.17) is 4.74 Å². The number of nitrogens with zero attached hydrogens (tertiary/aromatic N) is 1. The van der Waals surface area contributed by atoms with Gasteiger partial charge in [0.2, 0.25) is 0 Å². The number of rotatable bonds is 6. The van der Waals surface area contributed by atoms with Gasteiger partial charge in [-0.1, -0.05) is 27.2 Å². The van der Waals surface area contributed by atoms with E-state index in [0.717, 1.165) is 25.1 Å². The highest BCUT2D eigenvalue weighted by molar-refractivity contribution is 4.88. The van der Waals surface area contributed by atoms with Crippen molar-refractivity contribution < 1.29 is 4.74 Å². The normalized spacial score (nSPS) is 34.6. The van der Waals surface area contributed by atoms with Crippen LogP contribution in [0.4, 0.5) is 0 Å². The molecule has 2 fully saturated rings. The van der Waals surface area contributed by atoms with Gasteiger partial charge in [0.05, 0.1) is 6.10 Å². The minimum atomic E-state index is 0.537. The molecule has 2 aliphatic rings. The van der Waals surface area contributed by atoms with Gasteiger partial charge in [0, 0.05) is 38.3 Å². The van der Waals surface area contributed by atoms with Crippen LogP contribution in [0.2, 0.25) is 0 Å². The summed E-state index contributed by atoms with van der Waals surface area (Å²) in [4.78, 5) is 2.72. The maximum absolute atomic E-state index is 5.77. The molecule has 0 radical (unpaired) electrons. The molecular formula is C16H32N2O. The first-order valence-electron chi connectivity index (χ1n) is 8.33. The van der Waals surface area contributed by atoms with E-state index in [-0.39, 0.29) is 0 Å². The molecule has 0 aromatic heterocycles. The molecule has 0 bridgehead atoms. The van der Waals surface area contributed by atoms with Crippen molar-refractivity contribution in [1.29, 1.82) is 0 Å². The highest BCUT2D eigenvalue weighted by Crippen LogP contribution is 2.20. The minimum absolute atomic E-state index is 0.537. The van der Waals surface area contributed by atoms with Crippen LogP contribution in [0.3, 0.4) is 0 Å². The first kappa shape index (κ1) is 15.3. The van der Waals surface area contributed by atoms with E-state index in [0.29, 0.717) is 12.1 Å². The number of ether oxygens (including phenoxy) is 1. The van der Waals surface area contributed by atoms with Crippen molar-refractivity contribution in [2.45, 2.75) is 71.1 Å². The van der Waals surface area contributed by atoms with Crippen molar-refractivity contribution in [3.05, 3.63) is 0 Å². The van der Waals surface area contributed by atoms with E-state index in [9.17, 15) is 0 Å². The van der Waals surface area contributed by atoms with Gasteiger partial charge in [0.15, 0.2) is 0 Å². The quantitative estimate of drug-likeness (QED) is 0.801. The Labute approximate surface area is 119 Å². The summed E-state index contributed by atoms with van der Waals surface area (Å²) in [6, 6.07) is 1.40. The number of hydrogen-bond donors (Lipinski definition) is 1. The first-order chi connectivity index (χ1) is 9.24. The molecule has 4 atom stereocenters. The fourth-order valence-corrected chi connectivity index (χ4v) is 3.41. The highest BCUT2D eigenvalue weighted by Gasteiger charge is 2.29. The Morgan fingerprint density at radius 3 is 2.84 bits per heavy atom. The smallest absolute Gasteiger partial charge is 0.0588 e. The Morgan fingerprint density at radius 2 is 2.21 bits per heavy atom. The summed E-state index contributed by atoms with van der Waals surface area (Å²) in [6.07, 6.45) is 6.83. The fourth-order valence-electron chi connectivity index (χ4n) is 3.41. The van der Waals surface area contributed by atoms with Gasteiger partial charge in [-0.15, -0.1) is 0 Å².